The predicted molar refractivity (Wildman–Crippen MR) is 107 cm³/mol. The topological polar surface area (TPSA) is 65.4 Å². The van der Waals surface area contributed by atoms with Crippen LogP contribution in [0.3, 0.4) is 0 Å². The lowest BCUT2D eigenvalue weighted by Gasteiger charge is -2.23. The first-order valence-corrected chi connectivity index (χ1v) is 9.21. The molecule has 0 radical (unpaired) electrons. The maximum Gasteiger partial charge on any atom is 0.272 e. The van der Waals surface area contributed by atoms with Gasteiger partial charge in [0.25, 0.3) is 5.91 Å². The van der Waals surface area contributed by atoms with Gasteiger partial charge in [-0.15, -0.1) is 0 Å². The van der Waals surface area contributed by atoms with Crippen LogP contribution in [0.5, 0.6) is 11.5 Å². The van der Waals surface area contributed by atoms with Crippen molar-refractivity contribution in [3.05, 3.63) is 41.2 Å². The molecule has 27 heavy (non-hydrogen) atoms. The standard InChI is InChI=1S/C21H31N3O3/c1-13(2)18-12-17(23-24(18)21(4,5)6)20(25)22-14(3)16-11-15(26-7)9-10-19(16)27-8/h9-14H,1-8H3,(H,22,25)/t14-/m0/s1. The van der Waals surface area contributed by atoms with E-state index in [4.69, 9.17) is 9.47 Å². The molecule has 0 bridgehead atoms. The SMILES string of the molecule is COc1ccc(OC)c([C@H](C)NC(=O)c2cc(C(C)C)n(C(C)(C)C)n2)c1. The van der Waals surface area contributed by atoms with E-state index in [1.54, 1.807) is 14.2 Å². The maximum atomic E-state index is 12.8. The molecule has 1 aromatic heterocycles. The zero-order chi connectivity index (χ0) is 20.4. The second kappa shape index (κ2) is 8.03. The van der Waals surface area contributed by atoms with Gasteiger partial charge in [-0.05, 0) is 57.9 Å². The minimum absolute atomic E-state index is 0.195. The third-order valence-corrected chi connectivity index (χ3v) is 4.45. The van der Waals surface area contributed by atoms with Gasteiger partial charge in [0.1, 0.15) is 17.2 Å². The average molecular weight is 373 g/mol. The molecule has 6 nitrogen and oxygen atoms in total. The first-order chi connectivity index (χ1) is 12.6. The lowest BCUT2D eigenvalue weighted by Crippen LogP contribution is -2.29. The molecule has 0 saturated carbocycles. The summed E-state index contributed by atoms with van der Waals surface area (Å²) in [4.78, 5) is 12.8. The van der Waals surface area contributed by atoms with Gasteiger partial charge in [-0.2, -0.15) is 5.10 Å². The summed E-state index contributed by atoms with van der Waals surface area (Å²) < 4.78 is 12.7. The van der Waals surface area contributed by atoms with Crippen LogP contribution in [0.25, 0.3) is 0 Å². The number of benzene rings is 1. The van der Waals surface area contributed by atoms with Gasteiger partial charge in [-0.3, -0.25) is 9.48 Å². The highest BCUT2D eigenvalue weighted by molar-refractivity contribution is 5.92. The third-order valence-electron chi connectivity index (χ3n) is 4.45. The highest BCUT2D eigenvalue weighted by atomic mass is 16.5. The van der Waals surface area contributed by atoms with Gasteiger partial charge in [-0.25, -0.2) is 0 Å². The molecule has 0 spiro atoms. The van der Waals surface area contributed by atoms with Crippen LogP contribution in [-0.4, -0.2) is 29.9 Å². The summed E-state index contributed by atoms with van der Waals surface area (Å²) in [5, 5.41) is 7.59. The molecule has 148 valence electrons. The molecule has 0 fully saturated rings. The summed E-state index contributed by atoms with van der Waals surface area (Å²) in [6.45, 7) is 12.4. The highest BCUT2D eigenvalue weighted by Crippen LogP contribution is 2.30. The fourth-order valence-electron chi connectivity index (χ4n) is 2.98. The van der Waals surface area contributed by atoms with Crippen molar-refractivity contribution >= 4 is 5.91 Å². The van der Waals surface area contributed by atoms with Crippen molar-refractivity contribution in [1.82, 2.24) is 15.1 Å². The minimum Gasteiger partial charge on any atom is -0.497 e. The second-order valence-corrected chi connectivity index (χ2v) is 7.99. The number of amides is 1. The van der Waals surface area contributed by atoms with Crippen LogP contribution in [0.2, 0.25) is 0 Å². The van der Waals surface area contributed by atoms with Crippen molar-refractivity contribution in [2.45, 2.75) is 59.0 Å². The largest absolute Gasteiger partial charge is 0.497 e. The normalized spacial score (nSPS) is 12.8. The third kappa shape index (κ3) is 4.62. The molecule has 0 saturated heterocycles. The molecule has 0 aliphatic carbocycles. The minimum atomic E-state index is -0.259. The van der Waals surface area contributed by atoms with Crippen molar-refractivity contribution in [3.8, 4) is 11.5 Å². The van der Waals surface area contributed by atoms with Gasteiger partial charge in [0.15, 0.2) is 0 Å². The Kier molecular flexibility index (Phi) is 6.19. The molecule has 1 N–H and O–H groups in total. The molecular formula is C21H31N3O3. The van der Waals surface area contributed by atoms with E-state index >= 15 is 0 Å². The summed E-state index contributed by atoms with van der Waals surface area (Å²) >= 11 is 0. The van der Waals surface area contributed by atoms with Crippen LogP contribution >= 0.6 is 0 Å². The number of methoxy groups -OCH3 is 2. The lowest BCUT2D eigenvalue weighted by atomic mass is 10.1. The van der Waals surface area contributed by atoms with Crippen LogP contribution in [0, 0.1) is 0 Å². The number of nitrogens with one attached hydrogen (secondary N) is 1. The van der Waals surface area contributed by atoms with Crippen molar-refractivity contribution < 1.29 is 14.3 Å². The Morgan fingerprint density at radius 3 is 2.26 bits per heavy atom. The molecule has 2 aromatic rings. The Hall–Kier alpha value is -2.50. The first kappa shape index (κ1) is 20.8. The van der Waals surface area contributed by atoms with Gasteiger partial charge in [0, 0.05) is 11.3 Å². The molecule has 6 heteroatoms. The van der Waals surface area contributed by atoms with Crippen molar-refractivity contribution in [2.24, 2.45) is 0 Å². The number of nitrogens with zero attached hydrogens (tertiary/aromatic N) is 2. The van der Waals surface area contributed by atoms with Gasteiger partial charge in [0.05, 0.1) is 25.8 Å². The monoisotopic (exact) mass is 373 g/mol. The molecule has 2 rings (SSSR count). The number of ether oxygens (including phenoxy) is 2. The van der Waals surface area contributed by atoms with E-state index in [1.807, 2.05) is 35.9 Å². The summed E-state index contributed by atoms with van der Waals surface area (Å²) in [5.41, 5.74) is 2.12. The molecule has 1 aromatic carbocycles. The smallest absolute Gasteiger partial charge is 0.272 e. The van der Waals surface area contributed by atoms with E-state index < -0.39 is 0 Å². The average Bonchev–Trinajstić information content (AvgIpc) is 3.07. The van der Waals surface area contributed by atoms with Gasteiger partial charge in [0.2, 0.25) is 0 Å². The fraction of sp³-hybridized carbons (Fsp3) is 0.524. The molecular weight excluding hydrogens is 342 g/mol. The van der Waals surface area contributed by atoms with Crippen LogP contribution in [0.1, 0.15) is 75.2 Å². The van der Waals surface area contributed by atoms with Crippen molar-refractivity contribution in [1.29, 1.82) is 0 Å². The van der Waals surface area contributed by atoms with Crippen LogP contribution in [0.15, 0.2) is 24.3 Å². The van der Waals surface area contributed by atoms with Gasteiger partial charge in [-0.1, -0.05) is 13.8 Å². The lowest BCUT2D eigenvalue weighted by molar-refractivity contribution is 0.0932. The van der Waals surface area contributed by atoms with E-state index in [9.17, 15) is 4.79 Å². The number of hydrogen-bond acceptors (Lipinski definition) is 4. The van der Waals surface area contributed by atoms with Crippen LogP contribution < -0.4 is 14.8 Å². The highest BCUT2D eigenvalue weighted by Gasteiger charge is 2.25. The molecule has 1 amide bonds. The fourth-order valence-corrected chi connectivity index (χ4v) is 2.98. The van der Waals surface area contributed by atoms with Crippen LogP contribution in [-0.2, 0) is 5.54 Å². The van der Waals surface area contributed by atoms with Crippen LogP contribution in [0.4, 0.5) is 0 Å². The Labute approximate surface area is 161 Å². The molecule has 0 aliphatic rings. The van der Waals surface area contributed by atoms with Gasteiger partial charge >= 0.3 is 0 Å². The second-order valence-electron chi connectivity index (χ2n) is 7.99. The molecule has 0 aliphatic heterocycles. The maximum absolute atomic E-state index is 12.8. The number of hydrogen-bond donors (Lipinski definition) is 1. The van der Waals surface area contributed by atoms with E-state index in [-0.39, 0.29) is 23.4 Å². The number of rotatable bonds is 6. The quantitative estimate of drug-likeness (QED) is 0.821. The van der Waals surface area contributed by atoms with Crippen molar-refractivity contribution in [3.63, 3.8) is 0 Å². The van der Waals surface area contributed by atoms with E-state index in [2.05, 4.69) is 45.0 Å². The van der Waals surface area contributed by atoms with Crippen molar-refractivity contribution in [2.75, 3.05) is 14.2 Å². The Morgan fingerprint density at radius 1 is 1.11 bits per heavy atom. The molecule has 1 heterocycles. The summed E-state index contributed by atoms with van der Waals surface area (Å²) in [7, 11) is 3.22. The zero-order valence-electron chi connectivity index (χ0n) is 17.6. The first-order valence-electron chi connectivity index (χ1n) is 9.21. The Balaban J connectivity index is 2.30. The van der Waals surface area contributed by atoms with E-state index in [0.717, 1.165) is 11.3 Å². The number of carbonyl (C=O) groups is 1. The summed E-state index contributed by atoms with van der Waals surface area (Å²) in [5.74, 6) is 1.48. The zero-order valence-corrected chi connectivity index (χ0v) is 17.6. The number of carbonyl (C=O) groups excluding carboxylic acids is 1. The molecule has 1 atom stereocenters. The Morgan fingerprint density at radius 2 is 1.78 bits per heavy atom. The summed E-state index contributed by atoms with van der Waals surface area (Å²) in [6, 6.07) is 7.15. The Bertz CT molecular complexity index is 803. The predicted octanol–water partition coefficient (Wildman–Crippen LogP) is 4.27. The number of aromatic nitrogens is 2. The summed E-state index contributed by atoms with van der Waals surface area (Å²) in [6.07, 6.45) is 0. The van der Waals surface area contributed by atoms with Gasteiger partial charge < -0.3 is 14.8 Å². The van der Waals surface area contributed by atoms with E-state index in [0.29, 0.717) is 17.2 Å². The van der Waals surface area contributed by atoms with E-state index in [1.165, 1.54) is 0 Å². The molecule has 0 unspecified atom stereocenters.